The zero-order valence-corrected chi connectivity index (χ0v) is 11.4. The number of aromatic nitrogens is 2. The van der Waals surface area contributed by atoms with Crippen LogP contribution in [-0.2, 0) is 0 Å². The SMILES string of the molecule is NC(c1ccc(Br)cn1)c1ccc(Br)cn1. The predicted molar refractivity (Wildman–Crippen MR) is 69.9 cm³/mol. The van der Waals surface area contributed by atoms with Crippen LogP contribution < -0.4 is 5.73 Å². The van der Waals surface area contributed by atoms with Crippen molar-refractivity contribution < 1.29 is 0 Å². The average molecular weight is 343 g/mol. The van der Waals surface area contributed by atoms with Crippen molar-refractivity contribution in [2.24, 2.45) is 5.73 Å². The van der Waals surface area contributed by atoms with Crippen LogP contribution in [0.4, 0.5) is 0 Å². The second-order valence-electron chi connectivity index (χ2n) is 3.28. The number of rotatable bonds is 2. The van der Waals surface area contributed by atoms with Crippen LogP contribution >= 0.6 is 31.9 Å². The van der Waals surface area contributed by atoms with Gasteiger partial charge in [0.2, 0.25) is 0 Å². The number of hydrogen-bond acceptors (Lipinski definition) is 3. The van der Waals surface area contributed by atoms with Gasteiger partial charge in [-0.25, -0.2) is 0 Å². The van der Waals surface area contributed by atoms with Crippen molar-refractivity contribution in [2.75, 3.05) is 0 Å². The zero-order valence-electron chi connectivity index (χ0n) is 8.27. The lowest BCUT2D eigenvalue weighted by atomic mass is 10.1. The summed E-state index contributed by atoms with van der Waals surface area (Å²) in [6, 6.07) is 7.32. The highest BCUT2D eigenvalue weighted by molar-refractivity contribution is 9.10. The Morgan fingerprint density at radius 3 is 1.62 bits per heavy atom. The molecule has 2 aromatic rings. The molecule has 0 saturated carbocycles. The lowest BCUT2D eigenvalue weighted by Gasteiger charge is -2.10. The zero-order chi connectivity index (χ0) is 11.5. The molecule has 3 nitrogen and oxygen atoms in total. The van der Waals surface area contributed by atoms with Gasteiger partial charge in [0.25, 0.3) is 0 Å². The van der Waals surface area contributed by atoms with Crippen LogP contribution in [-0.4, -0.2) is 9.97 Å². The third-order valence-electron chi connectivity index (χ3n) is 2.14. The van der Waals surface area contributed by atoms with Crippen molar-refractivity contribution >= 4 is 31.9 Å². The Morgan fingerprint density at radius 1 is 0.875 bits per heavy atom. The topological polar surface area (TPSA) is 51.8 Å². The van der Waals surface area contributed by atoms with E-state index in [1.165, 1.54) is 0 Å². The molecule has 2 heterocycles. The van der Waals surface area contributed by atoms with Crippen LogP contribution in [0.25, 0.3) is 0 Å². The van der Waals surface area contributed by atoms with Crippen molar-refractivity contribution in [2.45, 2.75) is 6.04 Å². The van der Waals surface area contributed by atoms with Gasteiger partial charge in [-0.3, -0.25) is 9.97 Å². The lowest BCUT2D eigenvalue weighted by Crippen LogP contribution is -2.14. The van der Waals surface area contributed by atoms with Crippen LogP contribution in [0.3, 0.4) is 0 Å². The van der Waals surface area contributed by atoms with Gasteiger partial charge in [0.05, 0.1) is 17.4 Å². The molecule has 0 amide bonds. The molecule has 0 spiro atoms. The highest BCUT2D eigenvalue weighted by Gasteiger charge is 2.11. The minimum absolute atomic E-state index is 0.291. The van der Waals surface area contributed by atoms with Gasteiger partial charge >= 0.3 is 0 Å². The van der Waals surface area contributed by atoms with E-state index in [-0.39, 0.29) is 6.04 Å². The fourth-order valence-electron chi connectivity index (χ4n) is 1.29. The van der Waals surface area contributed by atoms with Gasteiger partial charge in [-0.15, -0.1) is 0 Å². The van der Waals surface area contributed by atoms with E-state index in [0.29, 0.717) is 0 Å². The summed E-state index contributed by atoms with van der Waals surface area (Å²) in [5.74, 6) is 0. The van der Waals surface area contributed by atoms with Gasteiger partial charge in [0.1, 0.15) is 0 Å². The van der Waals surface area contributed by atoms with Crippen molar-refractivity contribution in [1.29, 1.82) is 0 Å². The molecule has 0 fully saturated rings. The van der Waals surface area contributed by atoms with Crippen LogP contribution in [0.5, 0.6) is 0 Å². The monoisotopic (exact) mass is 341 g/mol. The summed E-state index contributed by atoms with van der Waals surface area (Å²) in [6.07, 6.45) is 3.46. The van der Waals surface area contributed by atoms with E-state index in [1.54, 1.807) is 12.4 Å². The van der Waals surface area contributed by atoms with Gasteiger partial charge in [-0.2, -0.15) is 0 Å². The molecule has 0 aliphatic carbocycles. The number of halogens is 2. The molecule has 5 heteroatoms. The second kappa shape index (κ2) is 5.03. The van der Waals surface area contributed by atoms with Gasteiger partial charge < -0.3 is 5.73 Å². The van der Waals surface area contributed by atoms with Gasteiger partial charge in [0, 0.05) is 21.3 Å². The van der Waals surface area contributed by atoms with Crippen molar-refractivity contribution in [1.82, 2.24) is 9.97 Å². The second-order valence-corrected chi connectivity index (χ2v) is 5.11. The minimum atomic E-state index is -0.291. The number of nitrogens with two attached hydrogens (primary N) is 1. The highest BCUT2D eigenvalue weighted by Crippen LogP contribution is 2.18. The fraction of sp³-hybridized carbons (Fsp3) is 0.0909. The van der Waals surface area contributed by atoms with Crippen LogP contribution in [0.1, 0.15) is 17.4 Å². The maximum Gasteiger partial charge on any atom is 0.0900 e. The first-order valence-electron chi connectivity index (χ1n) is 4.65. The molecule has 2 aromatic heterocycles. The van der Waals surface area contributed by atoms with E-state index in [4.69, 9.17) is 5.73 Å². The Hall–Kier alpha value is -0.780. The molecular weight excluding hydrogens is 334 g/mol. The van der Waals surface area contributed by atoms with Crippen LogP contribution in [0.2, 0.25) is 0 Å². The lowest BCUT2D eigenvalue weighted by molar-refractivity contribution is 0.793. The van der Waals surface area contributed by atoms with Crippen molar-refractivity contribution in [3.05, 3.63) is 57.0 Å². The predicted octanol–water partition coefficient (Wildman–Crippen LogP) is 3.05. The molecule has 0 atom stereocenters. The third kappa shape index (κ3) is 2.66. The van der Waals surface area contributed by atoms with E-state index in [0.717, 1.165) is 20.3 Å². The summed E-state index contributed by atoms with van der Waals surface area (Å²) >= 11 is 6.67. The summed E-state index contributed by atoms with van der Waals surface area (Å²) in [4.78, 5) is 8.51. The number of nitrogens with zero attached hydrogens (tertiary/aromatic N) is 2. The highest BCUT2D eigenvalue weighted by atomic mass is 79.9. The Bertz CT molecular complexity index is 422. The van der Waals surface area contributed by atoms with Crippen molar-refractivity contribution in [3.8, 4) is 0 Å². The Morgan fingerprint density at radius 2 is 1.31 bits per heavy atom. The molecule has 0 radical (unpaired) electrons. The molecule has 2 rings (SSSR count). The Labute approximate surface area is 110 Å². The Kier molecular flexibility index (Phi) is 3.68. The smallest absolute Gasteiger partial charge is 0.0900 e. The standard InChI is InChI=1S/C11H9Br2N3/c12-7-1-3-9(15-5-7)11(14)10-4-2-8(13)6-16-10/h1-6,11H,14H2. The van der Waals surface area contributed by atoms with Gasteiger partial charge in [0.15, 0.2) is 0 Å². The first-order chi connectivity index (χ1) is 7.66. The summed E-state index contributed by atoms with van der Waals surface area (Å²) in [6.45, 7) is 0. The van der Waals surface area contributed by atoms with E-state index in [9.17, 15) is 0 Å². The quantitative estimate of drug-likeness (QED) is 0.912. The molecule has 16 heavy (non-hydrogen) atoms. The molecule has 0 aliphatic heterocycles. The van der Waals surface area contributed by atoms with Crippen LogP contribution in [0.15, 0.2) is 45.6 Å². The maximum atomic E-state index is 6.06. The van der Waals surface area contributed by atoms with E-state index >= 15 is 0 Å². The van der Waals surface area contributed by atoms with Gasteiger partial charge in [-0.1, -0.05) is 0 Å². The molecule has 0 unspecified atom stereocenters. The number of hydrogen-bond donors (Lipinski definition) is 1. The van der Waals surface area contributed by atoms with E-state index < -0.39 is 0 Å². The minimum Gasteiger partial charge on any atom is -0.318 e. The van der Waals surface area contributed by atoms with E-state index in [1.807, 2.05) is 24.3 Å². The van der Waals surface area contributed by atoms with Gasteiger partial charge in [-0.05, 0) is 56.1 Å². The summed E-state index contributed by atoms with van der Waals surface area (Å²) in [5, 5.41) is 0. The first kappa shape index (κ1) is 11.7. The third-order valence-corrected chi connectivity index (χ3v) is 3.08. The largest absolute Gasteiger partial charge is 0.318 e. The maximum absolute atomic E-state index is 6.06. The molecule has 2 N–H and O–H groups in total. The molecule has 0 bridgehead atoms. The summed E-state index contributed by atoms with van der Waals surface area (Å²) in [5.41, 5.74) is 7.67. The molecular formula is C11H9Br2N3. The molecule has 82 valence electrons. The summed E-state index contributed by atoms with van der Waals surface area (Å²) < 4.78 is 1.87. The fourth-order valence-corrected chi connectivity index (χ4v) is 1.76. The number of pyridine rings is 2. The Balaban J connectivity index is 2.28. The summed E-state index contributed by atoms with van der Waals surface area (Å²) in [7, 11) is 0. The van der Waals surface area contributed by atoms with Crippen LogP contribution in [0, 0.1) is 0 Å². The average Bonchev–Trinajstić information content (AvgIpc) is 2.30. The first-order valence-corrected chi connectivity index (χ1v) is 6.24. The van der Waals surface area contributed by atoms with Crippen molar-refractivity contribution in [3.63, 3.8) is 0 Å². The normalized spacial score (nSPS) is 10.8. The molecule has 0 saturated heterocycles. The molecule has 0 aromatic carbocycles. The van der Waals surface area contributed by atoms with E-state index in [2.05, 4.69) is 41.8 Å². The molecule has 0 aliphatic rings.